The van der Waals surface area contributed by atoms with E-state index in [9.17, 15) is 13.2 Å². The minimum absolute atomic E-state index is 0.187. The Hall–Kier alpha value is -1.41. The van der Waals surface area contributed by atoms with Crippen LogP contribution in [0.1, 0.15) is 0 Å². The van der Waals surface area contributed by atoms with Crippen molar-refractivity contribution in [2.24, 2.45) is 4.99 Å². The molecule has 0 atom stereocenters. The number of morpholine rings is 1. The lowest BCUT2D eigenvalue weighted by molar-refractivity contribution is -0.132. The van der Waals surface area contributed by atoms with Gasteiger partial charge in [-0.05, 0) is 0 Å². The van der Waals surface area contributed by atoms with E-state index in [1.807, 2.05) is 0 Å². The first kappa shape index (κ1) is 11.1. The maximum atomic E-state index is 11.6. The molecule has 2 aliphatic heterocycles. The third-order valence-corrected chi connectivity index (χ3v) is 3.63. The molecule has 1 N–H and O–H groups in total. The number of nitrogens with zero attached hydrogens (tertiary/aromatic N) is 2. The third kappa shape index (κ3) is 1.93. The minimum Gasteiger partial charge on any atom is -0.476 e. The van der Waals surface area contributed by atoms with Crippen molar-refractivity contribution in [2.45, 2.75) is 0 Å². The van der Waals surface area contributed by atoms with Crippen LogP contribution in [0.5, 0.6) is 0 Å². The maximum absolute atomic E-state index is 11.6. The van der Waals surface area contributed by atoms with Gasteiger partial charge in [0.2, 0.25) is 15.0 Å². The lowest BCUT2D eigenvalue weighted by Crippen LogP contribution is -2.42. The zero-order valence-corrected chi connectivity index (χ0v) is 9.11. The second kappa shape index (κ2) is 3.87. The molecule has 0 saturated carbocycles. The van der Waals surface area contributed by atoms with Gasteiger partial charge in [0.15, 0.2) is 5.70 Å². The molecular formula is C8H10N2O5S. The Labute approximate surface area is 91.9 Å². The standard InChI is InChI=1S/C8H10N2O5S/c11-7(12)6-5-16(13,14)8(9-6)10-1-3-15-4-2-10/h5H,1-4H2,(H,11,12). The highest BCUT2D eigenvalue weighted by molar-refractivity contribution is 8.09. The summed E-state index contributed by atoms with van der Waals surface area (Å²) < 4.78 is 28.3. The van der Waals surface area contributed by atoms with Crippen LogP contribution in [0.2, 0.25) is 0 Å². The number of hydrogen-bond donors (Lipinski definition) is 1. The van der Waals surface area contributed by atoms with Gasteiger partial charge in [-0.15, -0.1) is 0 Å². The molecule has 2 aliphatic rings. The van der Waals surface area contributed by atoms with Crippen LogP contribution in [0.25, 0.3) is 0 Å². The molecule has 0 aliphatic carbocycles. The average Bonchev–Trinajstić information content (AvgIpc) is 2.56. The van der Waals surface area contributed by atoms with Gasteiger partial charge in [0, 0.05) is 13.1 Å². The van der Waals surface area contributed by atoms with Crippen LogP contribution < -0.4 is 0 Å². The number of aliphatic carboxylic acids is 1. The third-order valence-electron chi connectivity index (χ3n) is 2.24. The van der Waals surface area contributed by atoms with Gasteiger partial charge in [-0.2, -0.15) is 0 Å². The normalized spacial score (nSPS) is 23.9. The number of amidine groups is 1. The second-order valence-electron chi connectivity index (χ2n) is 3.35. The summed E-state index contributed by atoms with van der Waals surface area (Å²) in [6, 6.07) is 0. The Morgan fingerprint density at radius 2 is 2.06 bits per heavy atom. The predicted molar refractivity (Wildman–Crippen MR) is 54.5 cm³/mol. The number of rotatable bonds is 1. The summed E-state index contributed by atoms with van der Waals surface area (Å²) in [7, 11) is -3.70. The van der Waals surface area contributed by atoms with Crippen LogP contribution in [0, 0.1) is 0 Å². The Bertz CT molecular complexity index is 473. The summed E-state index contributed by atoms with van der Waals surface area (Å²) in [5, 5.41) is 9.17. The first-order valence-electron chi connectivity index (χ1n) is 4.62. The fourth-order valence-corrected chi connectivity index (χ4v) is 2.82. The largest absolute Gasteiger partial charge is 0.476 e. The summed E-state index contributed by atoms with van der Waals surface area (Å²) in [6.45, 7) is 1.63. The SMILES string of the molecule is O=C(O)C1=CS(=O)(=O)C(N2CCOCC2)=N1. The average molecular weight is 246 g/mol. The zero-order valence-electron chi connectivity index (χ0n) is 8.29. The molecule has 8 heteroatoms. The molecule has 2 rings (SSSR count). The lowest BCUT2D eigenvalue weighted by atomic mass is 10.4. The zero-order chi connectivity index (χ0) is 11.8. The van der Waals surface area contributed by atoms with Crippen molar-refractivity contribution < 1.29 is 23.1 Å². The smallest absolute Gasteiger partial charge is 0.355 e. The van der Waals surface area contributed by atoms with Crippen LogP contribution in [-0.4, -0.2) is 55.9 Å². The molecule has 88 valence electrons. The number of carboxylic acid groups (broad SMARTS) is 1. The van der Waals surface area contributed by atoms with Crippen LogP contribution in [0.3, 0.4) is 0 Å². The van der Waals surface area contributed by atoms with Gasteiger partial charge >= 0.3 is 5.97 Å². The number of hydrogen-bond acceptors (Lipinski definition) is 6. The molecular weight excluding hydrogens is 236 g/mol. The summed E-state index contributed by atoms with van der Waals surface area (Å²) in [5.74, 6) is -1.34. The second-order valence-corrected chi connectivity index (χ2v) is 5.04. The van der Waals surface area contributed by atoms with Crippen molar-refractivity contribution >= 4 is 21.0 Å². The van der Waals surface area contributed by atoms with E-state index in [1.54, 1.807) is 0 Å². The molecule has 7 nitrogen and oxygen atoms in total. The molecule has 0 aromatic carbocycles. The fourth-order valence-electron chi connectivity index (χ4n) is 1.50. The highest BCUT2D eigenvalue weighted by Gasteiger charge is 2.33. The van der Waals surface area contributed by atoms with Crippen molar-refractivity contribution in [3.63, 3.8) is 0 Å². The molecule has 0 aromatic rings. The molecule has 0 radical (unpaired) electrons. The van der Waals surface area contributed by atoms with E-state index in [0.717, 1.165) is 0 Å². The van der Waals surface area contributed by atoms with Gasteiger partial charge < -0.3 is 14.7 Å². The molecule has 2 heterocycles. The first-order chi connectivity index (χ1) is 7.50. The van der Waals surface area contributed by atoms with E-state index in [-0.39, 0.29) is 5.17 Å². The first-order valence-corrected chi connectivity index (χ1v) is 6.17. The van der Waals surface area contributed by atoms with E-state index < -0.39 is 21.5 Å². The predicted octanol–water partition coefficient (Wildman–Crippen LogP) is -0.971. The molecule has 16 heavy (non-hydrogen) atoms. The lowest BCUT2D eigenvalue weighted by Gasteiger charge is -2.27. The van der Waals surface area contributed by atoms with Crippen molar-refractivity contribution in [1.82, 2.24) is 4.90 Å². The number of sulfone groups is 1. The van der Waals surface area contributed by atoms with Gasteiger partial charge in [0.1, 0.15) is 0 Å². The number of aliphatic imine (C=N–C) groups is 1. The van der Waals surface area contributed by atoms with Crippen molar-refractivity contribution in [3.8, 4) is 0 Å². The van der Waals surface area contributed by atoms with Gasteiger partial charge in [-0.25, -0.2) is 18.2 Å². The summed E-state index contributed by atoms with van der Waals surface area (Å²) in [5.41, 5.74) is -0.443. The Balaban J connectivity index is 2.29. The molecule has 0 spiro atoms. The summed E-state index contributed by atoms with van der Waals surface area (Å²) >= 11 is 0. The van der Waals surface area contributed by atoms with E-state index in [0.29, 0.717) is 31.7 Å². The quantitative estimate of drug-likeness (QED) is 0.639. The maximum Gasteiger partial charge on any atom is 0.355 e. The van der Waals surface area contributed by atoms with Gasteiger partial charge in [-0.1, -0.05) is 0 Å². The Morgan fingerprint density at radius 3 is 2.56 bits per heavy atom. The van der Waals surface area contributed by atoms with Crippen LogP contribution >= 0.6 is 0 Å². The highest BCUT2D eigenvalue weighted by atomic mass is 32.2. The molecule has 0 unspecified atom stereocenters. The Morgan fingerprint density at radius 1 is 1.44 bits per heavy atom. The van der Waals surface area contributed by atoms with E-state index in [1.165, 1.54) is 4.90 Å². The molecule has 0 aromatic heterocycles. The van der Waals surface area contributed by atoms with Gasteiger partial charge in [0.25, 0.3) is 0 Å². The van der Waals surface area contributed by atoms with Crippen molar-refractivity contribution in [2.75, 3.05) is 26.3 Å². The van der Waals surface area contributed by atoms with Crippen LogP contribution in [0.4, 0.5) is 0 Å². The molecule has 1 saturated heterocycles. The van der Waals surface area contributed by atoms with E-state index in [2.05, 4.69) is 4.99 Å². The van der Waals surface area contributed by atoms with Crippen LogP contribution in [-0.2, 0) is 19.4 Å². The van der Waals surface area contributed by atoms with Crippen molar-refractivity contribution in [3.05, 3.63) is 11.1 Å². The summed E-state index contributed by atoms with van der Waals surface area (Å²) in [4.78, 5) is 15.8. The Kier molecular flexibility index (Phi) is 2.68. The number of carbonyl (C=O) groups is 1. The van der Waals surface area contributed by atoms with Crippen LogP contribution in [0.15, 0.2) is 16.1 Å². The van der Waals surface area contributed by atoms with E-state index in [4.69, 9.17) is 9.84 Å². The van der Waals surface area contributed by atoms with E-state index >= 15 is 0 Å². The molecule has 0 bridgehead atoms. The minimum atomic E-state index is -3.70. The van der Waals surface area contributed by atoms with Gasteiger partial charge in [-0.3, -0.25) is 0 Å². The molecule has 0 amide bonds. The fraction of sp³-hybridized carbons (Fsp3) is 0.500. The van der Waals surface area contributed by atoms with Gasteiger partial charge in [0.05, 0.1) is 18.6 Å². The number of ether oxygens (including phenoxy) is 1. The van der Waals surface area contributed by atoms with Crippen molar-refractivity contribution in [1.29, 1.82) is 0 Å². The topological polar surface area (TPSA) is 96.3 Å². The molecule has 1 fully saturated rings. The summed E-state index contributed by atoms with van der Waals surface area (Å²) in [6.07, 6.45) is 0. The number of carboxylic acids is 1. The monoisotopic (exact) mass is 246 g/mol. The highest BCUT2D eigenvalue weighted by Crippen LogP contribution is 2.18.